The van der Waals surface area contributed by atoms with E-state index in [2.05, 4.69) is 39.4 Å². The Morgan fingerprint density at radius 2 is 2.15 bits per heavy atom. The second kappa shape index (κ2) is 8.01. The van der Waals surface area contributed by atoms with Crippen LogP contribution in [0.2, 0.25) is 11.3 Å². The maximum atomic E-state index is 13.7. The molecule has 1 heterocycles. The highest BCUT2D eigenvalue weighted by atomic mass is 35.5. The molecular weight excluding hydrogens is 362 g/mol. The van der Waals surface area contributed by atoms with Crippen LogP contribution in [-0.4, -0.2) is 25.2 Å². The lowest BCUT2D eigenvalue weighted by atomic mass is 9.64. The number of aromatic nitrogens is 1. The standard InChI is InChI=1S/C21H24BClFN2O/c1-4-22-19-13(2)9-18(21(3,11-25-12-27)15-6-7-15)26-20(19)14-5-8-17(24)16(23)10-14/h5,8-10,12,15H,4,6-7,11H2,1-3H3,(H,25,27). The molecule has 0 aliphatic heterocycles. The van der Waals surface area contributed by atoms with Crippen LogP contribution in [0.3, 0.4) is 0 Å². The molecule has 1 radical (unpaired) electrons. The van der Waals surface area contributed by atoms with Gasteiger partial charge in [0.2, 0.25) is 6.41 Å². The van der Waals surface area contributed by atoms with Gasteiger partial charge in [-0.15, -0.1) is 0 Å². The van der Waals surface area contributed by atoms with Gasteiger partial charge in [0.25, 0.3) is 0 Å². The zero-order valence-electron chi connectivity index (χ0n) is 16.0. The van der Waals surface area contributed by atoms with Crippen LogP contribution in [0.25, 0.3) is 11.3 Å². The molecule has 3 nitrogen and oxygen atoms in total. The van der Waals surface area contributed by atoms with E-state index in [0.29, 0.717) is 12.5 Å². The highest BCUT2D eigenvalue weighted by Gasteiger charge is 2.44. The Balaban J connectivity index is 2.15. The van der Waals surface area contributed by atoms with Gasteiger partial charge in [-0.3, -0.25) is 9.78 Å². The summed E-state index contributed by atoms with van der Waals surface area (Å²) < 4.78 is 13.7. The van der Waals surface area contributed by atoms with Crippen molar-refractivity contribution in [1.29, 1.82) is 0 Å². The Hall–Kier alpha value is -1.88. The van der Waals surface area contributed by atoms with Crippen LogP contribution in [0.15, 0.2) is 24.3 Å². The average molecular weight is 386 g/mol. The lowest BCUT2D eigenvalue weighted by Gasteiger charge is -2.30. The smallest absolute Gasteiger partial charge is 0.207 e. The molecule has 1 aliphatic rings. The molecule has 1 unspecified atom stereocenters. The number of carbonyl (C=O) groups is 1. The van der Waals surface area contributed by atoms with Gasteiger partial charge in [-0.05, 0) is 49.9 Å². The van der Waals surface area contributed by atoms with Crippen LogP contribution in [0, 0.1) is 18.7 Å². The fourth-order valence-electron chi connectivity index (χ4n) is 3.72. The zero-order valence-corrected chi connectivity index (χ0v) is 16.7. The predicted octanol–water partition coefficient (Wildman–Crippen LogP) is 4.03. The number of nitrogens with zero attached hydrogens (tertiary/aromatic N) is 1. The fraction of sp³-hybridized carbons (Fsp3) is 0.429. The summed E-state index contributed by atoms with van der Waals surface area (Å²) in [6.07, 6.45) is 3.89. The molecule has 3 rings (SSSR count). The minimum atomic E-state index is -0.438. The third kappa shape index (κ3) is 4.03. The van der Waals surface area contributed by atoms with E-state index >= 15 is 0 Å². The SMILES string of the molecule is CC[B]c1c(C)cc(C(C)(CNC=O)C2CC2)nc1-c1ccc(F)c(Cl)c1. The molecule has 6 heteroatoms. The van der Waals surface area contributed by atoms with E-state index in [9.17, 15) is 9.18 Å². The second-order valence-corrected chi connectivity index (χ2v) is 7.93. The van der Waals surface area contributed by atoms with Gasteiger partial charge < -0.3 is 5.32 Å². The van der Waals surface area contributed by atoms with Crippen molar-refractivity contribution < 1.29 is 9.18 Å². The summed E-state index contributed by atoms with van der Waals surface area (Å²) in [6.45, 7) is 6.86. The minimum Gasteiger partial charge on any atom is -0.358 e. The van der Waals surface area contributed by atoms with Gasteiger partial charge >= 0.3 is 0 Å². The molecule has 0 bridgehead atoms. The molecule has 0 spiro atoms. The molecule has 1 aromatic carbocycles. The Morgan fingerprint density at radius 1 is 1.41 bits per heavy atom. The van der Waals surface area contributed by atoms with E-state index in [1.165, 1.54) is 6.07 Å². The molecule has 1 aromatic heterocycles. The number of aryl methyl sites for hydroxylation is 1. The van der Waals surface area contributed by atoms with Crippen LogP contribution in [0.4, 0.5) is 4.39 Å². The first kappa shape index (κ1) is 19.9. The first-order chi connectivity index (χ1) is 12.9. The maximum absolute atomic E-state index is 13.7. The Bertz CT molecular complexity index is 856. The molecule has 0 saturated heterocycles. The topological polar surface area (TPSA) is 42.0 Å². The normalized spacial score (nSPS) is 15.9. The summed E-state index contributed by atoms with van der Waals surface area (Å²) in [6, 6.07) is 6.86. The summed E-state index contributed by atoms with van der Waals surface area (Å²) in [4.78, 5) is 15.9. The van der Waals surface area contributed by atoms with Gasteiger partial charge in [0, 0.05) is 23.2 Å². The van der Waals surface area contributed by atoms with Crippen molar-refractivity contribution in [3.8, 4) is 11.3 Å². The number of halogens is 2. The van der Waals surface area contributed by atoms with Crippen molar-refractivity contribution in [2.45, 2.75) is 45.3 Å². The van der Waals surface area contributed by atoms with Crippen molar-refractivity contribution in [2.75, 3.05) is 6.54 Å². The fourth-order valence-corrected chi connectivity index (χ4v) is 3.90. The summed E-state index contributed by atoms with van der Waals surface area (Å²) in [7, 11) is 2.14. The monoisotopic (exact) mass is 385 g/mol. The van der Waals surface area contributed by atoms with Gasteiger partial charge in [0.1, 0.15) is 5.82 Å². The van der Waals surface area contributed by atoms with Gasteiger partial charge in [0.05, 0.1) is 10.7 Å². The molecule has 1 aliphatic carbocycles. The highest BCUT2D eigenvalue weighted by Crippen LogP contribution is 2.46. The van der Waals surface area contributed by atoms with E-state index < -0.39 is 5.82 Å². The number of hydrogen-bond acceptors (Lipinski definition) is 2. The van der Waals surface area contributed by atoms with Gasteiger partial charge in [0.15, 0.2) is 7.28 Å². The van der Waals surface area contributed by atoms with E-state index in [4.69, 9.17) is 16.6 Å². The number of benzene rings is 1. The quantitative estimate of drug-likeness (QED) is 0.550. The Labute approximate surface area is 166 Å². The lowest BCUT2D eigenvalue weighted by Crippen LogP contribution is -2.39. The molecule has 1 saturated carbocycles. The number of rotatable bonds is 8. The van der Waals surface area contributed by atoms with Crippen molar-refractivity contribution in [1.82, 2.24) is 10.3 Å². The summed E-state index contributed by atoms with van der Waals surface area (Å²) in [5.74, 6) is 0.0647. The summed E-state index contributed by atoms with van der Waals surface area (Å²) in [5, 5.41) is 2.93. The molecule has 1 atom stereocenters. The molecule has 1 fully saturated rings. The third-order valence-corrected chi connectivity index (χ3v) is 5.77. The van der Waals surface area contributed by atoms with E-state index in [1.54, 1.807) is 12.1 Å². The number of pyridine rings is 1. The predicted molar refractivity (Wildman–Crippen MR) is 109 cm³/mol. The van der Waals surface area contributed by atoms with Gasteiger partial charge in [-0.25, -0.2) is 4.39 Å². The first-order valence-electron chi connectivity index (χ1n) is 9.38. The average Bonchev–Trinajstić information content (AvgIpc) is 3.49. The Kier molecular flexibility index (Phi) is 5.90. The number of hydrogen-bond donors (Lipinski definition) is 1. The minimum absolute atomic E-state index is 0.0902. The Morgan fingerprint density at radius 3 is 2.74 bits per heavy atom. The van der Waals surface area contributed by atoms with E-state index in [1.807, 2.05) is 0 Å². The van der Waals surface area contributed by atoms with Crippen LogP contribution in [-0.2, 0) is 10.2 Å². The molecule has 1 amide bonds. The first-order valence-corrected chi connectivity index (χ1v) is 9.76. The van der Waals surface area contributed by atoms with E-state index in [-0.39, 0.29) is 10.4 Å². The largest absolute Gasteiger partial charge is 0.358 e. The highest BCUT2D eigenvalue weighted by molar-refractivity contribution is 6.55. The van der Waals surface area contributed by atoms with Crippen LogP contribution in [0.5, 0.6) is 0 Å². The van der Waals surface area contributed by atoms with Crippen molar-refractivity contribution in [2.24, 2.45) is 5.92 Å². The van der Waals surface area contributed by atoms with E-state index in [0.717, 1.165) is 53.5 Å². The van der Waals surface area contributed by atoms with Crippen molar-refractivity contribution >= 4 is 30.8 Å². The number of carbonyl (C=O) groups excluding carboxylic acids is 1. The summed E-state index contributed by atoms with van der Waals surface area (Å²) >= 11 is 6.03. The number of nitrogens with one attached hydrogen (secondary N) is 1. The lowest BCUT2D eigenvalue weighted by molar-refractivity contribution is -0.109. The van der Waals surface area contributed by atoms with Gasteiger partial charge in [-0.2, -0.15) is 0 Å². The molecule has 141 valence electrons. The van der Waals surface area contributed by atoms with Crippen molar-refractivity contribution in [3.63, 3.8) is 0 Å². The zero-order chi connectivity index (χ0) is 19.6. The maximum Gasteiger partial charge on any atom is 0.207 e. The molecule has 2 aromatic rings. The molecule has 1 N–H and O–H groups in total. The van der Waals surface area contributed by atoms with Crippen LogP contribution >= 0.6 is 11.6 Å². The van der Waals surface area contributed by atoms with Gasteiger partial charge in [-0.1, -0.05) is 42.8 Å². The van der Waals surface area contributed by atoms with Crippen LogP contribution in [0.1, 0.15) is 37.9 Å². The molecular formula is C21H24BClFN2O. The number of amides is 1. The van der Waals surface area contributed by atoms with Crippen LogP contribution < -0.4 is 10.8 Å². The summed E-state index contributed by atoms with van der Waals surface area (Å²) in [5.41, 5.74) is 4.51. The second-order valence-electron chi connectivity index (χ2n) is 7.52. The third-order valence-electron chi connectivity index (χ3n) is 5.48. The molecule has 27 heavy (non-hydrogen) atoms. The van der Waals surface area contributed by atoms with Crippen molar-refractivity contribution in [3.05, 3.63) is 46.4 Å².